The molecule has 3 aromatic rings. The van der Waals surface area contributed by atoms with Crippen molar-refractivity contribution in [1.29, 1.82) is 0 Å². The van der Waals surface area contributed by atoms with Crippen molar-refractivity contribution in [3.63, 3.8) is 0 Å². The van der Waals surface area contributed by atoms with Crippen LogP contribution >= 0.6 is 0 Å². The first-order chi connectivity index (χ1) is 12.8. The molecule has 0 unspecified atom stereocenters. The Morgan fingerprint density at radius 3 is 2.59 bits per heavy atom. The van der Waals surface area contributed by atoms with Gasteiger partial charge in [-0.1, -0.05) is 28.9 Å². The van der Waals surface area contributed by atoms with Crippen molar-refractivity contribution in [3.05, 3.63) is 60.0 Å². The largest absolute Gasteiger partial charge is 0.339 e. The number of hydrogen-bond acceptors (Lipinski definition) is 6. The van der Waals surface area contributed by atoms with E-state index >= 15 is 0 Å². The fraction of sp³-hybridized carbons (Fsp3) is 0.167. The third-order valence-corrected chi connectivity index (χ3v) is 4.71. The maximum absolute atomic E-state index is 12.0. The molecular formula is C18H18N4O4S. The van der Waals surface area contributed by atoms with E-state index < -0.39 is 10.0 Å². The second-order valence-electron chi connectivity index (χ2n) is 6.00. The quantitative estimate of drug-likeness (QED) is 0.669. The summed E-state index contributed by atoms with van der Waals surface area (Å²) >= 11 is 0. The highest BCUT2D eigenvalue weighted by atomic mass is 32.2. The van der Waals surface area contributed by atoms with Crippen LogP contribution in [-0.4, -0.2) is 24.5 Å². The number of carbonyl (C=O) groups is 1. The molecule has 0 bridgehead atoms. The molecule has 27 heavy (non-hydrogen) atoms. The summed E-state index contributed by atoms with van der Waals surface area (Å²) in [6, 6.07) is 13.3. The summed E-state index contributed by atoms with van der Waals surface area (Å²) in [6.45, 7) is 1.98. The van der Waals surface area contributed by atoms with E-state index in [0.29, 0.717) is 23.8 Å². The highest BCUT2D eigenvalue weighted by Gasteiger charge is 2.12. The van der Waals surface area contributed by atoms with E-state index in [0.717, 1.165) is 11.1 Å². The zero-order valence-electron chi connectivity index (χ0n) is 14.5. The molecule has 0 saturated carbocycles. The third-order valence-electron chi connectivity index (χ3n) is 3.78. The Kier molecular flexibility index (Phi) is 5.33. The van der Waals surface area contributed by atoms with Crippen LogP contribution in [0.25, 0.3) is 11.4 Å². The Morgan fingerprint density at radius 2 is 1.93 bits per heavy atom. The van der Waals surface area contributed by atoms with Crippen LogP contribution in [0.15, 0.2) is 57.9 Å². The smallest absolute Gasteiger partial charge is 0.238 e. The molecule has 0 fully saturated rings. The molecule has 8 nitrogen and oxygen atoms in total. The first kappa shape index (κ1) is 18.7. The molecule has 0 aliphatic rings. The van der Waals surface area contributed by atoms with Gasteiger partial charge in [-0.3, -0.25) is 4.79 Å². The van der Waals surface area contributed by atoms with Gasteiger partial charge in [-0.2, -0.15) is 4.98 Å². The van der Waals surface area contributed by atoms with Gasteiger partial charge in [-0.25, -0.2) is 13.6 Å². The molecule has 0 aliphatic heterocycles. The SMILES string of the molecule is Cc1cccc(-c2noc(CCC(=O)Nc3ccc(S(N)(=O)=O)cc3)n2)c1. The van der Waals surface area contributed by atoms with Gasteiger partial charge < -0.3 is 9.84 Å². The zero-order valence-corrected chi connectivity index (χ0v) is 15.4. The number of nitrogens with two attached hydrogens (primary N) is 1. The number of benzene rings is 2. The molecule has 0 radical (unpaired) electrons. The Labute approximate surface area is 156 Å². The number of carbonyl (C=O) groups excluding carboxylic acids is 1. The molecule has 2 aromatic carbocycles. The lowest BCUT2D eigenvalue weighted by Gasteiger charge is -2.05. The zero-order chi connectivity index (χ0) is 19.4. The minimum absolute atomic E-state index is 0.0185. The maximum atomic E-state index is 12.0. The van der Waals surface area contributed by atoms with Crippen LogP contribution in [0, 0.1) is 6.92 Å². The summed E-state index contributed by atoms with van der Waals surface area (Å²) in [4.78, 5) is 16.3. The summed E-state index contributed by atoms with van der Waals surface area (Å²) in [5.74, 6) is 0.590. The molecular weight excluding hydrogens is 368 g/mol. The monoisotopic (exact) mass is 386 g/mol. The number of aryl methyl sites for hydroxylation is 2. The van der Waals surface area contributed by atoms with E-state index in [2.05, 4.69) is 15.5 Å². The molecule has 1 amide bonds. The van der Waals surface area contributed by atoms with Gasteiger partial charge in [0, 0.05) is 24.1 Å². The first-order valence-corrected chi connectivity index (χ1v) is 9.68. The van der Waals surface area contributed by atoms with Crippen molar-refractivity contribution < 1.29 is 17.7 Å². The molecule has 3 rings (SSSR count). The van der Waals surface area contributed by atoms with E-state index in [1.54, 1.807) is 0 Å². The topological polar surface area (TPSA) is 128 Å². The van der Waals surface area contributed by atoms with Crippen molar-refractivity contribution in [2.45, 2.75) is 24.7 Å². The number of nitrogens with one attached hydrogen (secondary N) is 1. The van der Waals surface area contributed by atoms with E-state index in [4.69, 9.17) is 9.66 Å². The molecule has 0 saturated heterocycles. The third kappa shape index (κ3) is 4.99. The number of hydrogen-bond donors (Lipinski definition) is 2. The van der Waals surface area contributed by atoms with Crippen molar-refractivity contribution in [2.24, 2.45) is 5.14 Å². The summed E-state index contributed by atoms with van der Waals surface area (Å²) in [5, 5.41) is 11.6. The van der Waals surface area contributed by atoms with Gasteiger partial charge in [0.1, 0.15) is 0 Å². The van der Waals surface area contributed by atoms with Crippen molar-refractivity contribution in [1.82, 2.24) is 10.1 Å². The minimum Gasteiger partial charge on any atom is -0.339 e. The number of rotatable bonds is 6. The lowest BCUT2D eigenvalue weighted by atomic mass is 10.1. The number of nitrogens with zero attached hydrogens (tertiary/aromatic N) is 2. The van der Waals surface area contributed by atoms with Gasteiger partial charge in [-0.15, -0.1) is 0 Å². The highest BCUT2D eigenvalue weighted by molar-refractivity contribution is 7.89. The van der Waals surface area contributed by atoms with E-state index in [-0.39, 0.29) is 17.2 Å². The van der Waals surface area contributed by atoms with E-state index in [1.807, 2.05) is 31.2 Å². The van der Waals surface area contributed by atoms with Gasteiger partial charge in [0.15, 0.2) is 0 Å². The summed E-state index contributed by atoms with van der Waals surface area (Å²) in [6.07, 6.45) is 0.437. The predicted molar refractivity (Wildman–Crippen MR) is 99.2 cm³/mol. The van der Waals surface area contributed by atoms with Crippen LogP contribution < -0.4 is 10.5 Å². The van der Waals surface area contributed by atoms with E-state index in [9.17, 15) is 13.2 Å². The summed E-state index contributed by atoms with van der Waals surface area (Å²) in [7, 11) is -3.76. The highest BCUT2D eigenvalue weighted by Crippen LogP contribution is 2.18. The molecule has 9 heteroatoms. The summed E-state index contributed by atoms with van der Waals surface area (Å²) in [5.41, 5.74) is 2.41. The fourth-order valence-electron chi connectivity index (χ4n) is 2.43. The molecule has 0 spiro atoms. The average molecular weight is 386 g/mol. The van der Waals surface area contributed by atoms with Crippen LogP contribution in [0.3, 0.4) is 0 Å². The van der Waals surface area contributed by atoms with Crippen LogP contribution in [0.4, 0.5) is 5.69 Å². The van der Waals surface area contributed by atoms with Crippen LogP contribution in [0.2, 0.25) is 0 Å². The second kappa shape index (κ2) is 7.68. The molecule has 140 valence electrons. The molecule has 0 aliphatic carbocycles. The summed E-state index contributed by atoms with van der Waals surface area (Å²) < 4.78 is 27.6. The fourth-order valence-corrected chi connectivity index (χ4v) is 2.95. The number of anilines is 1. The lowest BCUT2D eigenvalue weighted by molar-refractivity contribution is -0.116. The second-order valence-corrected chi connectivity index (χ2v) is 7.56. The van der Waals surface area contributed by atoms with Gasteiger partial charge in [0.25, 0.3) is 0 Å². The normalized spacial score (nSPS) is 11.3. The molecule has 3 N–H and O–H groups in total. The van der Waals surface area contributed by atoms with Crippen LogP contribution in [-0.2, 0) is 21.2 Å². The van der Waals surface area contributed by atoms with Gasteiger partial charge in [-0.05, 0) is 37.3 Å². The molecule has 1 heterocycles. The van der Waals surface area contributed by atoms with Crippen molar-refractivity contribution in [2.75, 3.05) is 5.32 Å². The Bertz CT molecular complexity index is 1060. The average Bonchev–Trinajstić information content (AvgIpc) is 3.09. The maximum Gasteiger partial charge on any atom is 0.238 e. The first-order valence-electron chi connectivity index (χ1n) is 8.13. The number of amides is 1. The van der Waals surface area contributed by atoms with Gasteiger partial charge in [0.05, 0.1) is 4.90 Å². The Balaban J connectivity index is 1.57. The lowest BCUT2D eigenvalue weighted by Crippen LogP contribution is -2.14. The van der Waals surface area contributed by atoms with E-state index in [1.165, 1.54) is 24.3 Å². The van der Waals surface area contributed by atoms with Crippen LogP contribution in [0.1, 0.15) is 17.9 Å². The van der Waals surface area contributed by atoms with Crippen molar-refractivity contribution >= 4 is 21.6 Å². The molecule has 1 aromatic heterocycles. The molecule has 0 atom stereocenters. The van der Waals surface area contributed by atoms with Gasteiger partial charge >= 0.3 is 0 Å². The number of primary sulfonamides is 1. The Morgan fingerprint density at radius 1 is 1.19 bits per heavy atom. The minimum atomic E-state index is -3.76. The standard InChI is InChI=1S/C18H18N4O4S/c1-12-3-2-4-13(11-12)18-21-17(26-22-18)10-9-16(23)20-14-5-7-15(8-6-14)27(19,24)25/h2-8,11H,9-10H2,1H3,(H,20,23)(H2,19,24,25). The van der Waals surface area contributed by atoms with Crippen molar-refractivity contribution in [3.8, 4) is 11.4 Å². The Hall–Kier alpha value is -3.04. The van der Waals surface area contributed by atoms with Gasteiger partial charge in [0.2, 0.25) is 27.6 Å². The number of sulfonamides is 1. The number of aromatic nitrogens is 2. The predicted octanol–water partition coefficient (Wildman–Crippen LogP) is 2.26. The van der Waals surface area contributed by atoms with Crippen LogP contribution in [0.5, 0.6) is 0 Å².